The standard InChI is InChI=1S/C13H29NO2P/c1-9-17(16,10-2)11(12(3,4)5)14(15)13(6,7)8/h11H,9-10H2,1-8H3/q+1. The Labute approximate surface area is 106 Å². The number of nitrogens with zero attached hydrogens (tertiary/aromatic N) is 1. The quantitative estimate of drug-likeness (QED) is 0.558. The topological polar surface area (TPSA) is 37.1 Å². The van der Waals surface area contributed by atoms with Crippen molar-refractivity contribution in [2.45, 2.75) is 66.7 Å². The van der Waals surface area contributed by atoms with Gasteiger partial charge in [0.25, 0.3) is 5.78 Å². The lowest BCUT2D eigenvalue weighted by Gasteiger charge is -2.32. The van der Waals surface area contributed by atoms with Gasteiger partial charge >= 0.3 is 0 Å². The molecule has 0 aromatic rings. The highest BCUT2D eigenvalue weighted by molar-refractivity contribution is 7.64. The first kappa shape index (κ1) is 16.8. The van der Waals surface area contributed by atoms with Crippen molar-refractivity contribution < 1.29 is 9.33 Å². The number of hydrogen-bond donors (Lipinski definition) is 0. The second-order valence-electron chi connectivity index (χ2n) is 6.82. The SMILES string of the molecule is CCP(=O)(CC)C([N+](=O)C(C)(C)C)C(C)(C)C. The van der Waals surface area contributed by atoms with E-state index in [-0.39, 0.29) is 5.41 Å². The average Bonchev–Trinajstić information content (AvgIpc) is 2.14. The van der Waals surface area contributed by atoms with Gasteiger partial charge in [-0.05, 0) is 0 Å². The van der Waals surface area contributed by atoms with E-state index in [1.54, 1.807) is 0 Å². The van der Waals surface area contributed by atoms with Gasteiger partial charge in [-0.3, -0.25) is 0 Å². The molecule has 1 atom stereocenters. The van der Waals surface area contributed by atoms with E-state index in [0.29, 0.717) is 12.3 Å². The summed E-state index contributed by atoms with van der Waals surface area (Å²) in [5.74, 6) is -0.398. The Hall–Kier alpha value is -0.170. The molecule has 0 spiro atoms. The molecule has 0 aliphatic rings. The third kappa shape index (κ3) is 3.91. The summed E-state index contributed by atoms with van der Waals surface area (Å²) in [5, 5.41) is 0. The molecule has 0 amide bonds. The van der Waals surface area contributed by atoms with Gasteiger partial charge in [0.2, 0.25) is 5.54 Å². The predicted molar refractivity (Wildman–Crippen MR) is 75.3 cm³/mol. The van der Waals surface area contributed by atoms with Crippen LogP contribution in [0.3, 0.4) is 0 Å². The molecule has 0 rings (SSSR count). The molecule has 4 heteroatoms. The minimum atomic E-state index is -2.45. The molecule has 0 saturated carbocycles. The van der Waals surface area contributed by atoms with Crippen molar-refractivity contribution in [2.24, 2.45) is 5.41 Å². The van der Waals surface area contributed by atoms with Crippen LogP contribution in [0.5, 0.6) is 0 Å². The summed E-state index contributed by atoms with van der Waals surface area (Å²) in [5.41, 5.74) is -0.769. The average molecular weight is 262 g/mol. The fraction of sp³-hybridized carbons (Fsp3) is 1.00. The lowest BCUT2D eigenvalue weighted by Crippen LogP contribution is -2.46. The molecule has 0 N–H and O–H groups in total. The van der Waals surface area contributed by atoms with Gasteiger partial charge in [0.15, 0.2) is 7.14 Å². The Kier molecular flexibility index (Phi) is 5.17. The molecule has 0 heterocycles. The molecule has 0 aromatic heterocycles. The molecule has 0 aliphatic carbocycles. The van der Waals surface area contributed by atoms with Gasteiger partial charge in [-0.1, -0.05) is 34.6 Å². The van der Waals surface area contributed by atoms with Crippen LogP contribution in [0.2, 0.25) is 0 Å². The van der Waals surface area contributed by atoms with Crippen LogP contribution in [0, 0.1) is 10.3 Å². The fourth-order valence-corrected chi connectivity index (χ4v) is 5.46. The normalized spacial score (nSPS) is 15.8. The van der Waals surface area contributed by atoms with E-state index in [1.807, 2.05) is 55.4 Å². The van der Waals surface area contributed by atoms with Gasteiger partial charge in [-0.25, -0.2) is 0 Å². The van der Waals surface area contributed by atoms with E-state index in [0.717, 1.165) is 4.76 Å². The maximum Gasteiger partial charge on any atom is 0.256 e. The number of rotatable bonds is 4. The van der Waals surface area contributed by atoms with Crippen molar-refractivity contribution in [1.29, 1.82) is 0 Å². The van der Waals surface area contributed by atoms with Crippen molar-refractivity contribution in [2.75, 3.05) is 12.3 Å². The van der Waals surface area contributed by atoms with E-state index in [2.05, 4.69) is 0 Å². The Morgan fingerprint density at radius 3 is 1.53 bits per heavy atom. The van der Waals surface area contributed by atoms with Crippen LogP contribution in [-0.2, 0) is 4.57 Å². The maximum absolute atomic E-state index is 12.9. The van der Waals surface area contributed by atoms with Crippen molar-refractivity contribution in [3.05, 3.63) is 4.91 Å². The lowest BCUT2D eigenvalue weighted by molar-refractivity contribution is -0.641. The van der Waals surface area contributed by atoms with E-state index in [9.17, 15) is 9.47 Å². The minimum Gasteiger partial charge on any atom is -0.316 e. The van der Waals surface area contributed by atoms with Crippen LogP contribution in [0.15, 0.2) is 0 Å². The Bertz CT molecular complexity index is 315. The molecule has 0 fully saturated rings. The molecular formula is C13H29NO2P+. The highest BCUT2D eigenvalue weighted by Crippen LogP contribution is 2.57. The molecule has 102 valence electrons. The highest BCUT2D eigenvalue weighted by atomic mass is 31.2. The van der Waals surface area contributed by atoms with E-state index in [4.69, 9.17) is 0 Å². The van der Waals surface area contributed by atoms with Crippen LogP contribution in [0.25, 0.3) is 0 Å². The molecule has 0 radical (unpaired) electrons. The fourth-order valence-electron chi connectivity index (χ4n) is 2.19. The van der Waals surface area contributed by atoms with Gasteiger partial charge in [0, 0.05) is 48.2 Å². The Balaban J connectivity index is 5.63. The van der Waals surface area contributed by atoms with Crippen LogP contribution in [-0.4, -0.2) is 28.4 Å². The largest absolute Gasteiger partial charge is 0.316 e. The summed E-state index contributed by atoms with van der Waals surface area (Å²) in [6, 6.07) is 0. The second-order valence-corrected chi connectivity index (χ2v) is 10.5. The first-order chi connectivity index (χ1) is 7.40. The predicted octanol–water partition coefficient (Wildman–Crippen LogP) is 4.34. The zero-order chi connectivity index (χ0) is 14.1. The first-order valence-electron chi connectivity index (χ1n) is 6.44. The van der Waals surface area contributed by atoms with Crippen molar-refractivity contribution >= 4 is 7.14 Å². The molecule has 3 nitrogen and oxygen atoms in total. The summed E-state index contributed by atoms with van der Waals surface area (Å²) in [4.78, 5) is 12.5. The molecule has 0 bridgehead atoms. The third-order valence-electron chi connectivity index (χ3n) is 3.17. The number of hydrogen-bond acceptors (Lipinski definition) is 2. The summed E-state index contributed by atoms with van der Waals surface area (Å²) in [6.45, 7) is 15.5. The van der Waals surface area contributed by atoms with Gasteiger partial charge in [0.1, 0.15) is 0 Å². The second kappa shape index (κ2) is 5.22. The van der Waals surface area contributed by atoms with E-state index in [1.165, 1.54) is 0 Å². The van der Waals surface area contributed by atoms with E-state index >= 15 is 0 Å². The molecule has 0 saturated heterocycles. The van der Waals surface area contributed by atoms with Crippen molar-refractivity contribution in [3.63, 3.8) is 0 Å². The zero-order valence-corrected chi connectivity index (χ0v) is 13.6. The third-order valence-corrected chi connectivity index (χ3v) is 7.19. The molecular weight excluding hydrogens is 233 g/mol. The van der Waals surface area contributed by atoms with Gasteiger partial charge < -0.3 is 4.57 Å². The van der Waals surface area contributed by atoms with Crippen LogP contribution >= 0.6 is 7.14 Å². The minimum absolute atomic E-state index is 0.267. The summed E-state index contributed by atoms with van der Waals surface area (Å²) in [7, 11) is -2.45. The Morgan fingerprint density at radius 2 is 1.35 bits per heavy atom. The monoisotopic (exact) mass is 262 g/mol. The van der Waals surface area contributed by atoms with E-state index < -0.39 is 18.5 Å². The summed E-state index contributed by atoms with van der Waals surface area (Å²) in [6.07, 6.45) is 1.19. The first-order valence-corrected chi connectivity index (χ1v) is 8.59. The van der Waals surface area contributed by atoms with Gasteiger partial charge in [-0.15, -0.1) is 0 Å². The Morgan fingerprint density at radius 1 is 1.00 bits per heavy atom. The van der Waals surface area contributed by atoms with Crippen molar-refractivity contribution in [3.8, 4) is 0 Å². The number of nitroso groups, excluding NO2 is 1. The molecule has 0 aliphatic heterocycles. The maximum atomic E-state index is 12.9. The summed E-state index contributed by atoms with van der Waals surface area (Å²) >= 11 is 0. The van der Waals surface area contributed by atoms with Crippen molar-refractivity contribution in [1.82, 2.24) is 0 Å². The van der Waals surface area contributed by atoms with Gasteiger partial charge in [0.05, 0.1) is 0 Å². The summed E-state index contributed by atoms with van der Waals surface area (Å²) < 4.78 is 14.0. The molecule has 1 unspecified atom stereocenters. The molecule has 0 aromatic carbocycles. The molecule has 17 heavy (non-hydrogen) atoms. The van der Waals surface area contributed by atoms with Gasteiger partial charge in [-0.2, -0.15) is 0 Å². The lowest BCUT2D eigenvalue weighted by atomic mass is 9.94. The smallest absolute Gasteiger partial charge is 0.256 e. The van der Waals surface area contributed by atoms with Crippen LogP contribution in [0.1, 0.15) is 55.4 Å². The zero-order valence-electron chi connectivity index (χ0n) is 12.7. The van der Waals surface area contributed by atoms with Crippen LogP contribution < -0.4 is 0 Å². The van der Waals surface area contributed by atoms with Crippen LogP contribution in [0.4, 0.5) is 0 Å². The highest BCUT2D eigenvalue weighted by Gasteiger charge is 2.53.